The molecule has 0 N–H and O–H groups in total. The number of nitrogens with zero attached hydrogens (tertiary/aromatic N) is 4. The van der Waals surface area contributed by atoms with E-state index in [0.717, 1.165) is 62.2 Å². The molecule has 24 heavy (non-hydrogen) atoms. The molecule has 0 radical (unpaired) electrons. The van der Waals surface area contributed by atoms with Gasteiger partial charge in [0, 0.05) is 31.6 Å². The molecule has 1 aliphatic heterocycles. The molecule has 130 valence electrons. The molecule has 5 nitrogen and oxygen atoms in total. The SMILES string of the molecule is CCCc1nc2cccnc2n1C1CCN(C(=O)C(CC)CC)C1. The summed E-state index contributed by atoms with van der Waals surface area (Å²) in [7, 11) is 0. The first kappa shape index (κ1) is 16.9. The Morgan fingerprint density at radius 1 is 1.33 bits per heavy atom. The molecule has 5 heteroatoms. The summed E-state index contributed by atoms with van der Waals surface area (Å²) in [6.45, 7) is 8.01. The monoisotopic (exact) mass is 328 g/mol. The molecule has 1 amide bonds. The van der Waals surface area contributed by atoms with Crippen molar-refractivity contribution >= 4 is 17.1 Å². The van der Waals surface area contributed by atoms with E-state index >= 15 is 0 Å². The molecule has 2 aromatic heterocycles. The fourth-order valence-corrected chi connectivity index (χ4v) is 3.81. The minimum absolute atomic E-state index is 0.163. The van der Waals surface area contributed by atoms with Crippen LogP contribution in [-0.4, -0.2) is 38.4 Å². The van der Waals surface area contributed by atoms with Crippen LogP contribution in [0.5, 0.6) is 0 Å². The van der Waals surface area contributed by atoms with Crippen LogP contribution in [0.1, 0.15) is 58.3 Å². The fraction of sp³-hybridized carbons (Fsp3) is 0.632. The maximum absolute atomic E-state index is 12.7. The van der Waals surface area contributed by atoms with Crippen molar-refractivity contribution in [2.45, 2.75) is 58.9 Å². The number of amides is 1. The normalized spacial score (nSPS) is 18.0. The molecule has 1 unspecified atom stereocenters. The molecule has 1 saturated heterocycles. The lowest BCUT2D eigenvalue weighted by Crippen LogP contribution is -2.34. The van der Waals surface area contributed by atoms with E-state index in [2.05, 4.69) is 30.3 Å². The van der Waals surface area contributed by atoms with Crippen LogP contribution in [0.25, 0.3) is 11.2 Å². The summed E-state index contributed by atoms with van der Waals surface area (Å²) >= 11 is 0. The molecule has 1 fully saturated rings. The van der Waals surface area contributed by atoms with Gasteiger partial charge in [0.15, 0.2) is 5.65 Å². The Bertz CT molecular complexity index is 704. The number of carbonyl (C=O) groups excluding carboxylic acids is 1. The maximum atomic E-state index is 12.7. The summed E-state index contributed by atoms with van der Waals surface area (Å²) in [6, 6.07) is 4.26. The molecule has 1 aliphatic rings. The van der Waals surface area contributed by atoms with Crippen LogP contribution in [0.15, 0.2) is 18.3 Å². The molecule has 0 aromatic carbocycles. The number of carbonyl (C=O) groups is 1. The molecule has 1 atom stereocenters. The second-order valence-corrected chi connectivity index (χ2v) is 6.73. The molecular weight excluding hydrogens is 300 g/mol. The lowest BCUT2D eigenvalue weighted by Gasteiger charge is -2.22. The number of rotatable bonds is 6. The van der Waals surface area contributed by atoms with Gasteiger partial charge in [0.05, 0.1) is 6.04 Å². The Morgan fingerprint density at radius 2 is 2.12 bits per heavy atom. The summed E-state index contributed by atoms with van der Waals surface area (Å²) in [4.78, 5) is 24.1. The third kappa shape index (κ3) is 3.04. The molecule has 3 heterocycles. The molecular formula is C19H28N4O. The van der Waals surface area contributed by atoms with E-state index in [1.165, 1.54) is 0 Å². The van der Waals surface area contributed by atoms with Crippen molar-refractivity contribution < 1.29 is 4.79 Å². The number of fused-ring (bicyclic) bond motifs is 1. The first-order valence-electron chi connectivity index (χ1n) is 9.30. The molecule has 0 saturated carbocycles. The Labute approximate surface area is 144 Å². The predicted molar refractivity (Wildman–Crippen MR) is 95.8 cm³/mol. The molecule has 0 aliphatic carbocycles. The second kappa shape index (κ2) is 7.32. The van der Waals surface area contributed by atoms with Crippen molar-refractivity contribution in [2.24, 2.45) is 5.92 Å². The van der Waals surface area contributed by atoms with E-state index in [1.807, 2.05) is 23.2 Å². The van der Waals surface area contributed by atoms with Gasteiger partial charge in [-0.1, -0.05) is 20.8 Å². The molecule has 2 aromatic rings. The summed E-state index contributed by atoms with van der Waals surface area (Å²) in [5.74, 6) is 1.58. The minimum Gasteiger partial charge on any atom is -0.340 e. The van der Waals surface area contributed by atoms with Crippen molar-refractivity contribution in [3.8, 4) is 0 Å². The lowest BCUT2D eigenvalue weighted by atomic mass is 10.0. The third-order valence-corrected chi connectivity index (χ3v) is 5.17. The van der Waals surface area contributed by atoms with E-state index in [4.69, 9.17) is 4.98 Å². The number of aryl methyl sites for hydroxylation is 1. The zero-order valence-corrected chi connectivity index (χ0v) is 15.0. The largest absolute Gasteiger partial charge is 0.340 e. The maximum Gasteiger partial charge on any atom is 0.225 e. The fourth-order valence-electron chi connectivity index (χ4n) is 3.81. The van der Waals surface area contributed by atoms with Gasteiger partial charge in [-0.3, -0.25) is 4.79 Å². The van der Waals surface area contributed by atoms with Gasteiger partial charge < -0.3 is 9.47 Å². The minimum atomic E-state index is 0.163. The van der Waals surface area contributed by atoms with Crippen LogP contribution >= 0.6 is 0 Å². The van der Waals surface area contributed by atoms with Crippen molar-refractivity contribution in [2.75, 3.05) is 13.1 Å². The van der Waals surface area contributed by atoms with Crippen LogP contribution < -0.4 is 0 Å². The quantitative estimate of drug-likeness (QED) is 0.814. The zero-order valence-electron chi connectivity index (χ0n) is 15.0. The van der Waals surface area contributed by atoms with Crippen LogP contribution in [0.4, 0.5) is 0 Å². The van der Waals surface area contributed by atoms with Crippen LogP contribution in [-0.2, 0) is 11.2 Å². The van der Waals surface area contributed by atoms with Gasteiger partial charge >= 0.3 is 0 Å². The highest BCUT2D eigenvalue weighted by Crippen LogP contribution is 2.29. The van der Waals surface area contributed by atoms with Gasteiger partial charge in [0.1, 0.15) is 11.3 Å². The lowest BCUT2D eigenvalue weighted by molar-refractivity contribution is -0.134. The van der Waals surface area contributed by atoms with Gasteiger partial charge in [-0.15, -0.1) is 0 Å². The zero-order chi connectivity index (χ0) is 17.1. The van der Waals surface area contributed by atoms with Gasteiger partial charge in [-0.2, -0.15) is 0 Å². The highest BCUT2D eigenvalue weighted by molar-refractivity contribution is 5.79. The smallest absolute Gasteiger partial charge is 0.225 e. The Kier molecular flexibility index (Phi) is 5.17. The van der Waals surface area contributed by atoms with E-state index in [9.17, 15) is 4.79 Å². The van der Waals surface area contributed by atoms with E-state index in [1.54, 1.807) is 0 Å². The molecule has 3 rings (SSSR count). The average molecular weight is 328 g/mol. The molecule has 0 bridgehead atoms. The van der Waals surface area contributed by atoms with E-state index in [-0.39, 0.29) is 5.92 Å². The van der Waals surface area contributed by atoms with Crippen molar-refractivity contribution in [1.29, 1.82) is 0 Å². The molecule has 0 spiro atoms. The topological polar surface area (TPSA) is 51.0 Å². The Morgan fingerprint density at radius 3 is 2.83 bits per heavy atom. The van der Waals surface area contributed by atoms with Gasteiger partial charge in [0.2, 0.25) is 5.91 Å². The highest BCUT2D eigenvalue weighted by atomic mass is 16.2. The number of hydrogen-bond donors (Lipinski definition) is 0. The first-order chi connectivity index (χ1) is 11.7. The number of likely N-dealkylation sites (tertiary alicyclic amines) is 1. The average Bonchev–Trinajstić information content (AvgIpc) is 3.20. The Hall–Kier alpha value is -1.91. The summed E-state index contributed by atoms with van der Waals surface area (Å²) in [5.41, 5.74) is 1.92. The first-order valence-corrected chi connectivity index (χ1v) is 9.30. The Balaban J connectivity index is 1.86. The highest BCUT2D eigenvalue weighted by Gasteiger charge is 2.32. The number of imidazole rings is 1. The van der Waals surface area contributed by atoms with Gasteiger partial charge in [-0.05, 0) is 37.8 Å². The van der Waals surface area contributed by atoms with Crippen LogP contribution in [0.2, 0.25) is 0 Å². The summed E-state index contributed by atoms with van der Waals surface area (Å²) in [5, 5.41) is 0. The van der Waals surface area contributed by atoms with Crippen LogP contribution in [0.3, 0.4) is 0 Å². The summed E-state index contributed by atoms with van der Waals surface area (Å²) in [6.07, 6.45) is 6.68. The predicted octanol–water partition coefficient (Wildman–Crippen LogP) is 3.59. The third-order valence-electron chi connectivity index (χ3n) is 5.17. The van der Waals surface area contributed by atoms with Crippen LogP contribution in [0, 0.1) is 5.92 Å². The van der Waals surface area contributed by atoms with E-state index in [0.29, 0.717) is 11.9 Å². The van der Waals surface area contributed by atoms with E-state index < -0.39 is 0 Å². The van der Waals surface area contributed by atoms with Gasteiger partial charge in [-0.25, -0.2) is 9.97 Å². The van der Waals surface area contributed by atoms with Crippen molar-refractivity contribution in [3.05, 3.63) is 24.2 Å². The number of hydrogen-bond acceptors (Lipinski definition) is 3. The van der Waals surface area contributed by atoms with Gasteiger partial charge in [0.25, 0.3) is 0 Å². The summed E-state index contributed by atoms with van der Waals surface area (Å²) < 4.78 is 2.29. The standard InChI is InChI=1S/C19H28N4O/c1-4-8-17-21-16-9-7-11-20-18(16)23(17)15-10-12-22(13-15)19(24)14(5-2)6-3/h7,9,11,14-15H,4-6,8,10,12-13H2,1-3H3. The number of pyridine rings is 1. The second-order valence-electron chi connectivity index (χ2n) is 6.73. The number of aromatic nitrogens is 3. The van der Waals surface area contributed by atoms with Crippen molar-refractivity contribution in [1.82, 2.24) is 19.4 Å². The van der Waals surface area contributed by atoms with Crippen molar-refractivity contribution in [3.63, 3.8) is 0 Å².